The lowest BCUT2D eigenvalue weighted by Gasteiger charge is -2.30. The summed E-state index contributed by atoms with van der Waals surface area (Å²) in [5.41, 5.74) is 5.43. The second-order valence-corrected chi connectivity index (χ2v) is 8.12. The monoisotopic (exact) mass is 416 g/mol. The first-order chi connectivity index (χ1) is 10.4. The van der Waals surface area contributed by atoms with Crippen molar-refractivity contribution in [2.75, 3.05) is 19.6 Å². The van der Waals surface area contributed by atoms with Crippen molar-refractivity contribution in [2.45, 2.75) is 59.8 Å². The van der Waals surface area contributed by atoms with E-state index in [1.807, 2.05) is 0 Å². The van der Waals surface area contributed by atoms with Gasteiger partial charge in [0, 0.05) is 5.69 Å². The van der Waals surface area contributed by atoms with Gasteiger partial charge < -0.3 is 4.90 Å². The summed E-state index contributed by atoms with van der Waals surface area (Å²) in [4.78, 5) is 14.1. The number of rotatable bonds is 7. The molecule has 124 valence electrons. The van der Waals surface area contributed by atoms with E-state index in [0.717, 1.165) is 57.3 Å². The van der Waals surface area contributed by atoms with E-state index < -0.39 is 0 Å². The zero-order chi connectivity index (χ0) is 16.3. The lowest BCUT2D eigenvalue weighted by atomic mass is 9.76. The lowest BCUT2D eigenvalue weighted by Crippen LogP contribution is -2.24. The summed E-state index contributed by atoms with van der Waals surface area (Å²) in [5, 5.41) is 0. The van der Waals surface area contributed by atoms with Crippen molar-refractivity contribution in [3.05, 3.63) is 22.5 Å². The highest BCUT2D eigenvalue weighted by atomic mass is 127. The molecule has 0 saturated heterocycles. The van der Waals surface area contributed by atoms with Gasteiger partial charge in [0.2, 0.25) is 0 Å². The Morgan fingerprint density at radius 2 is 2.00 bits per heavy atom. The number of hydrogen-bond acceptors (Lipinski definition) is 2. The van der Waals surface area contributed by atoms with Gasteiger partial charge in [-0.25, -0.2) is 0 Å². The summed E-state index contributed by atoms with van der Waals surface area (Å²) in [5.74, 6) is 0. The highest BCUT2D eigenvalue weighted by Crippen LogP contribution is 2.39. The van der Waals surface area contributed by atoms with Crippen LogP contribution in [0.2, 0.25) is 0 Å². The molecule has 1 aliphatic rings. The molecule has 0 amide bonds. The van der Waals surface area contributed by atoms with Crippen molar-refractivity contribution in [3.8, 4) is 0 Å². The zero-order valence-electron chi connectivity index (χ0n) is 14.4. The Bertz CT molecular complexity index is 530. The van der Waals surface area contributed by atoms with Crippen molar-refractivity contribution in [1.29, 1.82) is 0 Å². The van der Waals surface area contributed by atoms with E-state index in [9.17, 15) is 4.79 Å². The molecule has 0 unspecified atom stereocenters. The van der Waals surface area contributed by atoms with Crippen LogP contribution in [0.25, 0.3) is 0 Å². The molecule has 0 fully saturated rings. The molecule has 1 aliphatic carbocycles. The molecule has 1 heterocycles. The van der Waals surface area contributed by atoms with Crippen molar-refractivity contribution in [1.82, 2.24) is 7.68 Å². The van der Waals surface area contributed by atoms with E-state index in [2.05, 4.69) is 58.2 Å². The van der Waals surface area contributed by atoms with Crippen LogP contribution in [0, 0.1) is 5.41 Å². The Labute approximate surface area is 148 Å². The minimum Gasteiger partial charge on any atom is -0.304 e. The summed E-state index contributed by atoms with van der Waals surface area (Å²) >= 11 is 2.32. The van der Waals surface area contributed by atoms with Crippen LogP contribution in [-0.4, -0.2) is 33.6 Å². The van der Waals surface area contributed by atoms with E-state index in [1.165, 1.54) is 23.2 Å². The Kier molecular flexibility index (Phi) is 6.11. The first kappa shape index (κ1) is 18.0. The SMILES string of the molecule is CCN(CC)CCCc1c2c(n(I)c1C=O)CC(C)(C)CC2. The molecular weight excluding hydrogens is 387 g/mol. The minimum absolute atomic E-state index is 0.354. The van der Waals surface area contributed by atoms with E-state index in [1.54, 1.807) is 0 Å². The standard InChI is InChI=1S/C18H29IN2O/c1-5-20(6-2)11-7-8-14-15-9-10-18(3,4)12-16(15)21(19)17(14)13-22/h13H,5-12H2,1-4H3. The lowest BCUT2D eigenvalue weighted by molar-refractivity contribution is 0.111. The van der Waals surface area contributed by atoms with Gasteiger partial charge in [0.1, 0.15) is 0 Å². The number of carbonyl (C=O) groups is 1. The van der Waals surface area contributed by atoms with Gasteiger partial charge in [-0.3, -0.25) is 7.58 Å². The number of aldehydes is 1. The molecule has 0 bridgehead atoms. The summed E-state index contributed by atoms with van der Waals surface area (Å²) in [6, 6.07) is 0. The third kappa shape index (κ3) is 3.75. The van der Waals surface area contributed by atoms with Crippen LogP contribution < -0.4 is 0 Å². The largest absolute Gasteiger partial charge is 0.304 e. The van der Waals surface area contributed by atoms with Crippen LogP contribution in [0.4, 0.5) is 0 Å². The fraction of sp³-hybridized carbons (Fsp3) is 0.722. The van der Waals surface area contributed by atoms with Gasteiger partial charge in [0.15, 0.2) is 6.29 Å². The van der Waals surface area contributed by atoms with Gasteiger partial charge >= 0.3 is 0 Å². The zero-order valence-corrected chi connectivity index (χ0v) is 16.6. The van der Waals surface area contributed by atoms with Crippen LogP contribution in [0.1, 0.15) is 67.8 Å². The Balaban J connectivity index is 2.19. The summed E-state index contributed by atoms with van der Waals surface area (Å²) < 4.78 is 2.13. The molecule has 0 N–H and O–H groups in total. The van der Waals surface area contributed by atoms with E-state index in [0.29, 0.717) is 5.41 Å². The molecule has 0 aromatic carbocycles. The predicted molar refractivity (Wildman–Crippen MR) is 101 cm³/mol. The second kappa shape index (κ2) is 7.47. The Morgan fingerprint density at radius 1 is 1.32 bits per heavy atom. The maximum atomic E-state index is 11.6. The fourth-order valence-corrected chi connectivity index (χ4v) is 4.47. The van der Waals surface area contributed by atoms with Gasteiger partial charge in [0.05, 0.1) is 28.6 Å². The predicted octanol–water partition coefficient (Wildman–Crippen LogP) is 4.29. The average Bonchev–Trinajstić information content (AvgIpc) is 2.74. The molecule has 22 heavy (non-hydrogen) atoms. The molecule has 2 rings (SSSR count). The molecule has 0 spiro atoms. The molecule has 1 aromatic heterocycles. The number of hydrogen-bond donors (Lipinski definition) is 0. The quantitative estimate of drug-likeness (QED) is 0.490. The highest BCUT2D eigenvalue weighted by molar-refractivity contribution is 14.1. The van der Waals surface area contributed by atoms with Gasteiger partial charge in [-0.15, -0.1) is 0 Å². The van der Waals surface area contributed by atoms with Gasteiger partial charge in [-0.2, -0.15) is 0 Å². The molecule has 3 nitrogen and oxygen atoms in total. The molecule has 0 saturated carbocycles. The number of halogens is 1. The fourth-order valence-electron chi connectivity index (χ4n) is 3.60. The third-order valence-corrected chi connectivity index (χ3v) is 6.18. The van der Waals surface area contributed by atoms with Crippen molar-refractivity contribution in [2.24, 2.45) is 5.41 Å². The molecule has 0 atom stereocenters. The maximum Gasteiger partial charge on any atom is 0.167 e. The summed E-state index contributed by atoms with van der Waals surface area (Å²) in [7, 11) is 0. The number of nitrogens with zero attached hydrogens (tertiary/aromatic N) is 2. The topological polar surface area (TPSA) is 25.2 Å². The molecule has 0 radical (unpaired) electrons. The van der Waals surface area contributed by atoms with E-state index in [-0.39, 0.29) is 0 Å². The van der Waals surface area contributed by atoms with Crippen molar-refractivity contribution < 1.29 is 4.79 Å². The van der Waals surface area contributed by atoms with Crippen molar-refractivity contribution >= 4 is 29.2 Å². The van der Waals surface area contributed by atoms with E-state index >= 15 is 0 Å². The van der Waals surface area contributed by atoms with Crippen LogP contribution in [-0.2, 0) is 19.3 Å². The Hall–Kier alpha value is -0.360. The summed E-state index contributed by atoms with van der Waals surface area (Å²) in [6.45, 7) is 12.4. The van der Waals surface area contributed by atoms with Crippen LogP contribution in [0.3, 0.4) is 0 Å². The molecular formula is C18H29IN2O. The normalized spacial score (nSPS) is 16.8. The number of carbonyl (C=O) groups excluding carboxylic acids is 1. The minimum atomic E-state index is 0.354. The molecule has 0 aliphatic heterocycles. The van der Waals surface area contributed by atoms with Gasteiger partial charge in [-0.1, -0.05) is 27.7 Å². The smallest absolute Gasteiger partial charge is 0.167 e. The molecule has 4 heteroatoms. The first-order valence-electron chi connectivity index (χ1n) is 8.52. The van der Waals surface area contributed by atoms with Crippen LogP contribution >= 0.6 is 22.9 Å². The number of aromatic nitrogens is 1. The average molecular weight is 416 g/mol. The highest BCUT2D eigenvalue weighted by Gasteiger charge is 2.31. The van der Waals surface area contributed by atoms with Gasteiger partial charge in [-0.05, 0) is 68.3 Å². The summed E-state index contributed by atoms with van der Waals surface area (Å²) in [6.07, 6.45) is 6.66. The third-order valence-electron chi connectivity index (χ3n) is 5.08. The van der Waals surface area contributed by atoms with Gasteiger partial charge in [0.25, 0.3) is 0 Å². The van der Waals surface area contributed by atoms with Crippen molar-refractivity contribution in [3.63, 3.8) is 0 Å². The van der Waals surface area contributed by atoms with E-state index in [4.69, 9.17) is 0 Å². The van der Waals surface area contributed by atoms with Crippen LogP contribution in [0.15, 0.2) is 0 Å². The molecule has 1 aromatic rings. The first-order valence-corrected chi connectivity index (χ1v) is 9.49. The second-order valence-electron chi connectivity index (χ2n) is 7.16. The maximum absolute atomic E-state index is 11.6. The Morgan fingerprint density at radius 3 is 2.59 bits per heavy atom. The van der Waals surface area contributed by atoms with Crippen LogP contribution in [0.5, 0.6) is 0 Å². The number of fused-ring (bicyclic) bond motifs is 1.